The van der Waals surface area contributed by atoms with E-state index in [-0.39, 0.29) is 5.92 Å². The van der Waals surface area contributed by atoms with E-state index in [1.807, 2.05) is 6.07 Å². The number of fused-ring (bicyclic) bond motifs is 1. The summed E-state index contributed by atoms with van der Waals surface area (Å²) in [5, 5.41) is 9.66. The molecule has 0 N–H and O–H groups in total. The smallest absolute Gasteiger partial charge is 0.371 e. The number of benzene rings is 1. The van der Waals surface area contributed by atoms with Crippen molar-refractivity contribution in [2.24, 2.45) is 5.92 Å². The molecule has 3 nitrogen and oxygen atoms in total. The van der Waals surface area contributed by atoms with Crippen molar-refractivity contribution in [2.45, 2.75) is 19.0 Å². The lowest BCUT2D eigenvalue weighted by Crippen LogP contribution is -2.33. The number of anilines is 1. The van der Waals surface area contributed by atoms with Crippen LogP contribution in [0.15, 0.2) is 30.5 Å². The normalized spacial score (nSPS) is 16.7. The average molecular weight is 305 g/mol. The summed E-state index contributed by atoms with van der Waals surface area (Å²) < 4.78 is 38.4. The molecule has 1 fully saturated rings. The van der Waals surface area contributed by atoms with Gasteiger partial charge in [-0.1, -0.05) is 6.07 Å². The van der Waals surface area contributed by atoms with Gasteiger partial charge in [-0.25, -0.2) is 0 Å². The Hall–Kier alpha value is -2.29. The summed E-state index contributed by atoms with van der Waals surface area (Å²) in [4.78, 5) is 6.18. The zero-order chi connectivity index (χ0) is 15.7. The molecule has 2 heterocycles. The number of halogens is 3. The minimum atomic E-state index is -4.36. The lowest BCUT2D eigenvalue weighted by Gasteiger charge is -2.31. The molecule has 0 saturated carbocycles. The number of nitrogens with zero attached hydrogens (tertiary/aromatic N) is 3. The van der Waals surface area contributed by atoms with Crippen LogP contribution in [0, 0.1) is 17.2 Å². The van der Waals surface area contributed by atoms with Crippen LogP contribution in [0.2, 0.25) is 0 Å². The second kappa shape index (κ2) is 5.48. The summed E-state index contributed by atoms with van der Waals surface area (Å²) in [6.07, 6.45) is -1.27. The first-order valence-corrected chi connectivity index (χ1v) is 7.09. The Kier molecular flexibility index (Phi) is 3.65. The Morgan fingerprint density at radius 2 is 1.91 bits per heavy atom. The number of rotatable bonds is 1. The van der Waals surface area contributed by atoms with E-state index in [9.17, 15) is 13.2 Å². The molecule has 1 aromatic carbocycles. The summed E-state index contributed by atoms with van der Waals surface area (Å²) in [5.41, 5.74) is 0.540. The van der Waals surface area contributed by atoms with Crippen LogP contribution >= 0.6 is 0 Å². The van der Waals surface area contributed by atoms with Crippen LogP contribution in [0.3, 0.4) is 0 Å². The SMILES string of the molecule is N#CC1CCN(c2ccnc3cc(C(F)(F)F)ccc23)CC1. The molecule has 1 aliphatic heterocycles. The van der Waals surface area contributed by atoms with E-state index in [1.165, 1.54) is 12.3 Å². The van der Waals surface area contributed by atoms with Gasteiger partial charge in [0.15, 0.2) is 0 Å². The number of pyridine rings is 1. The van der Waals surface area contributed by atoms with Gasteiger partial charge in [-0.2, -0.15) is 18.4 Å². The van der Waals surface area contributed by atoms with Crippen molar-refractivity contribution < 1.29 is 13.2 Å². The van der Waals surface area contributed by atoms with Crippen LogP contribution in [-0.4, -0.2) is 18.1 Å². The third kappa shape index (κ3) is 2.71. The third-order valence-electron chi connectivity index (χ3n) is 4.07. The van der Waals surface area contributed by atoms with E-state index in [0.717, 1.165) is 43.8 Å². The number of nitriles is 1. The highest BCUT2D eigenvalue weighted by Crippen LogP contribution is 2.34. The maximum absolute atomic E-state index is 12.8. The van der Waals surface area contributed by atoms with Crippen LogP contribution < -0.4 is 4.90 Å². The summed E-state index contributed by atoms with van der Waals surface area (Å²) in [7, 11) is 0. The number of aromatic nitrogens is 1. The van der Waals surface area contributed by atoms with E-state index in [1.54, 1.807) is 0 Å². The van der Waals surface area contributed by atoms with E-state index in [4.69, 9.17) is 5.26 Å². The van der Waals surface area contributed by atoms with Crippen LogP contribution in [0.1, 0.15) is 18.4 Å². The van der Waals surface area contributed by atoms with Crippen molar-refractivity contribution in [1.82, 2.24) is 4.98 Å². The van der Waals surface area contributed by atoms with Crippen molar-refractivity contribution in [3.05, 3.63) is 36.0 Å². The fourth-order valence-electron chi connectivity index (χ4n) is 2.83. The highest BCUT2D eigenvalue weighted by molar-refractivity contribution is 5.92. The molecular weight excluding hydrogens is 291 g/mol. The molecule has 2 aromatic rings. The van der Waals surface area contributed by atoms with Crippen molar-refractivity contribution in [3.63, 3.8) is 0 Å². The first-order chi connectivity index (χ1) is 10.5. The quantitative estimate of drug-likeness (QED) is 0.799. The van der Waals surface area contributed by atoms with Gasteiger partial charge in [0.05, 0.1) is 17.1 Å². The van der Waals surface area contributed by atoms with Crippen LogP contribution in [0.5, 0.6) is 0 Å². The first kappa shape index (κ1) is 14.6. The van der Waals surface area contributed by atoms with Crippen LogP contribution in [0.4, 0.5) is 18.9 Å². The number of alkyl halides is 3. The second-order valence-electron chi connectivity index (χ2n) is 5.45. The van der Waals surface area contributed by atoms with E-state index in [0.29, 0.717) is 10.9 Å². The van der Waals surface area contributed by atoms with E-state index in [2.05, 4.69) is 16.0 Å². The predicted octanol–water partition coefficient (Wildman–Crippen LogP) is 3.99. The van der Waals surface area contributed by atoms with E-state index < -0.39 is 11.7 Å². The Morgan fingerprint density at radius 3 is 2.55 bits per heavy atom. The third-order valence-corrected chi connectivity index (χ3v) is 4.07. The van der Waals surface area contributed by atoms with Gasteiger partial charge in [0.1, 0.15) is 0 Å². The summed E-state index contributed by atoms with van der Waals surface area (Å²) in [6.45, 7) is 1.47. The molecule has 1 saturated heterocycles. The monoisotopic (exact) mass is 305 g/mol. The molecule has 114 valence electrons. The topological polar surface area (TPSA) is 39.9 Å². The number of hydrogen-bond acceptors (Lipinski definition) is 3. The summed E-state index contributed by atoms with van der Waals surface area (Å²) in [6, 6.07) is 7.75. The molecule has 0 amide bonds. The molecule has 0 atom stereocenters. The molecule has 0 bridgehead atoms. The fourth-order valence-corrected chi connectivity index (χ4v) is 2.83. The van der Waals surface area contributed by atoms with Gasteiger partial charge in [0.25, 0.3) is 0 Å². The van der Waals surface area contributed by atoms with Crippen LogP contribution in [-0.2, 0) is 6.18 Å². The second-order valence-corrected chi connectivity index (χ2v) is 5.45. The Morgan fingerprint density at radius 1 is 1.18 bits per heavy atom. The molecule has 0 radical (unpaired) electrons. The lowest BCUT2D eigenvalue weighted by atomic mass is 9.97. The average Bonchev–Trinajstić information content (AvgIpc) is 2.53. The molecule has 0 aliphatic carbocycles. The number of piperidine rings is 1. The molecule has 0 spiro atoms. The Bertz CT molecular complexity index is 725. The van der Waals surface area contributed by atoms with Crippen molar-refractivity contribution in [2.75, 3.05) is 18.0 Å². The van der Waals surface area contributed by atoms with Gasteiger partial charge >= 0.3 is 6.18 Å². The molecule has 0 unspecified atom stereocenters. The molecule has 6 heteroatoms. The molecule has 22 heavy (non-hydrogen) atoms. The highest BCUT2D eigenvalue weighted by Gasteiger charge is 2.31. The summed E-state index contributed by atoms with van der Waals surface area (Å²) >= 11 is 0. The fraction of sp³-hybridized carbons (Fsp3) is 0.375. The zero-order valence-corrected chi connectivity index (χ0v) is 11.8. The molecule has 1 aromatic heterocycles. The maximum atomic E-state index is 12.8. The molecule has 1 aliphatic rings. The minimum Gasteiger partial charge on any atom is -0.371 e. The largest absolute Gasteiger partial charge is 0.416 e. The van der Waals surface area contributed by atoms with Gasteiger partial charge in [0.2, 0.25) is 0 Å². The Balaban J connectivity index is 1.96. The highest BCUT2D eigenvalue weighted by atomic mass is 19.4. The minimum absolute atomic E-state index is 0.0705. The van der Waals surface area contributed by atoms with Crippen molar-refractivity contribution >= 4 is 16.6 Å². The lowest BCUT2D eigenvalue weighted by molar-refractivity contribution is -0.137. The Labute approximate surface area is 126 Å². The molecular formula is C16H14F3N3. The maximum Gasteiger partial charge on any atom is 0.416 e. The van der Waals surface area contributed by atoms with Crippen molar-refractivity contribution in [1.29, 1.82) is 5.26 Å². The summed E-state index contributed by atoms with van der Waals surface area (Å²) in [5.74, 6) is 0.0705. The molecule has 3 rings (SSSR count). The standard InChI is InChI=1S/C16H14F3N3/c17-16(18,19)12-1-2-13-14(9-12)21-6-3-15(13)22-7-4-11(10-20)5-8-22/h1-3,6,9,11H,4-5,7-8H2. The number of hydrogen-bond donors (Lipinski definition) is 0. The van der Waals surface area contributed by atoms with Crippen molar-refractivity contribution in [3.8, 4) is 6.07 Å². The van der Waals surface area contributed by atoms with Gasteiger partial charge in [-0.15, -0.1) is 0 Å². The van der Waals surface area contributed by atoms with Gasteiger partial charge in [0, 0.05) is 36.3 Å². The zero-order valence-electron chi connectivity index (χ0n) is 11.8. The van der Waals surface area contributed by atoms with Crippen LogP contribution in [0.25, 0.3) is 10.9 Å². The first-order valence-electron chi connectivity index (χ1n) is 7.09. The van der Waals surface area contributed by atoms with Gasteiger partial charge in [-0.05, 0) is 31.0 Å². The van der Waals surface area contributed by atoms with Gasteiger partial charge in [-0.3, -0.25) is 4.98 Å². The van der Waals surface area contributed by atoms with E-state index >= 15 is 0 Å². The predicted molar refractivity (Wildman–Crippen MR) is 77.3 cm³/mol. The van der Waals surface area contributed by atoms with Gasteiger partial charge < -0.3 is 4.90 Å².